The minimum atomic E-state index is -0.616. The van der Waals surface area contributed by atoms with Gasteiger partial charge < -0.3 is 14.8 Å². The lowest BCUT2D eigenvalue weighted by Gasteiger charge is -2.20. The number of aromatic nitrogens is 3. The number of carbonyl (C=O) groups is 1. The molecule has 3 aromatic rings. The second-order valence-electron chi connectivity index (χ2n) is 8.90. The van der Waals surface area contributed by atoms with Crippen LogP contribution in [0.1, 0.15) is 56.5 Å². The summed E-state index contributed by atoms with van der Waals surface area (Å²) in [7, 11) is 1.57. The van der Waals surface area contributed by atoms with Crippen LogP contribution >= 0.6 is 22.6 Å². The topological polar surface area (TPSA) is 78.3 Å². The molecule has 0 aliphatic heterocycles. The van der Waals surface area contributed by atoms with E-state index in [1.165, 1.54) is 32.1 Å². The Morgan fingerprint density at radius 1 is 1.26 bits per heavy atom. The minimum Gasteiger partial charge on any atom is -0.443 e. The van der Waals surface area contributed by atoms with Gasteiger partial charge in [-0.25, -0.2) is 19.3 Å². The molecule has 1 N–H and O–H groups in total. The molecule has 0 saturated heterocycles. The highest BCUT2D eigenvalue weighted by Gasteiger charge is 2.27. The third-order valence-electron chi connectivity index (χ3n) is 5.05. The Morgan fingerprint density at radius 2 is 2.00 bits per heavy atom. The third-order valence-corrected chi connectivity index (χ3v) is 6.21. The molecule has 1 aliphatic rings. The van der Waals surface area contributed by atoms with Crippen molar-refractivity contribution in [3.05, 3.63) is 44.8 Å². The zero-order valence-corrected chi connectivity index (χ0v) is 20.6. The van der Waals surface area contributed by atoms with E-state index in [-0.39, 0.29) is 6.61 Å². The molecule has 0 amide bonds. The lowest BCUT2D eigenvalue weighted by Crippen LogP contribution is -2.28. The summed E-state index contributed by atoms with van der Waals surface area (Å²) >= 11 is 2.39. The first-order valence-corrected chi connectivity index (χ1v) is 11.4. The van der Waals surface area contributed by atoms with Gasteiger partial charge in [-0.1, -0.05) is 0 Å². The van der Waals surface area contributed by atoms with Gasteiger partial charge in [0.1, 0.15) is 23.9 Å². The largest absolute Gasteiger partial charge is 0.443 e. The maximum atomic E-state index is 12.8. The molecule has 7 nitrogen and oxygen atoms in total. The standard InChI is InChI=1S/C23H27IN4O3/c1-13-10-17(15(11-16(13)24)14-6-7-14)25-19-9-8-18-21(26-19)27-20(12-30-5)28(18)22(29)31-23(2,3)4/h8-11,14H,6-7,12H2,1-5H3,(H,25,26). The summed E-state index contributed by atoms with van der Waals surface area (Å²) < 4.78 is 13.5. The lowest BCUT2D eigenvalue weighted by molar-refractivity contribution is 0.0527. The van der Waals surface area contributed by atoms with E-state index in [0.29, 0.717) is 28.7 Å². The normalized spacial score (nSPS) is 14.1. The fraction of sp³-hybridized carbons (Fsp3) is 0.435. The minimum absolute atomic E-state index is 0.181. The SMILES string of the molecule is COCc1nc2nc(Nc3cc(C)c(I)cc3C3CC3)ccc2n1C(=O)OC(C)(C)C. The number of pyridine rings is 1. The molecular formula is C23H27IN4O3. The van der Waals surface area contributed by atoms with E-state index in [4.69, 9.17) is 9.47 Å². The summed E-state index contributed by atoms with van der Waals surface area (Å²) in [4.78, 5) is 22.0. The molecule has 2 heterocycles. The number of fused-ring (bicyclic) bond motifs is 1. The first-order chi connectivity index (χ1) is 14.7. The Labute approximate surface area is 195 Å². The molecule has 0 spiro atoms. The summed E-state index contributed by atoms with van der Waals surface area (Å²) in [5.74, 6) is 1.76. The molecule has 1 saturated carbocycles. The van der Waals surface area contributed by atoms with E-state index in [1.807, 2.05) is 32.9 Å². The molecular weight excluding hydrogens is 507 g/mol. The summed E-state index contributed by atoms with van der Waals surface area (Å²) in [6.07, 6.45) is 1.95. The van der Waals surface area contributed by atoms with Crippen LogP contribution in [0.2, 0.25) is 0 Å². The van der Waals surface area contributed by atoms with Gasteiger partial charge in [0, 0.05) is 16.4 Å². The smallest absolute Gasteiger partial charge is 0.420 e. The van der Waals surface area contributed by atoms with Crippen LogP contribution in [0.3, 0.4) is 0 Å². The van der Waals surface area contributed by atoms with Crippen molar-refractivity contribution in [3.8, 4) is 0 Å². The van der Waals surface area contributed by atoms with Crippen molar-refractivity contribution < 1.29 is 14.3 Å². The van der Waals surface area contributed by atoms with Gasteiger partial charge in [-0.05, 0) is 104 Å². The second-order valence-corrected chi connectivity index (χ2v) is 10.1. The Kier molecular flexibility index (Phi) is 5.95. The number of nitrogens with zero attached hydrogens (tertiary/aromatic N) is 3. The first kappa shape index (κ1) is 22.0. The van der Waals surface area contributed by atoms with E-state index < -0.39 is 11.7 Å². The average Bonchev–Trinajstić information content (AvgIpc) is 3.44. The molecule has 1 aliphatic carbocycles. The lowest BCUT2D eigenvalue weighted by atomic mass is 10.1. The Morgan fingerprint density at radius 3 is 2.65 bits per heavy atom. The number of methoxy groups -OCH3 is 1. The number of halogens is 1. The van der Waals surface area contributed by atoms with Gasteiger partial charge in [-0.3, -0.25) is 0 Å². The van der Waals surface area contributed by atoms with Crippen molar-refractivity contribution >= 4 is 51.4 Å². The molecule has 0 bridgehead atoms. The van der Waals surface area contributed by atoms with Crippen molar-refractivity contribution in [3.63, 3.8) is 0 Å². The number of nitrogens with one attached hydrogen (secondary N) is 1. The number of ether oxygens (including phenoxy) is 2. The predicted octanol–water partition coefficient (Wildman–Crippen LogP) is 5.89. The number of anilines is 2. The van der Waals surface area contributed by atoms with Gasteiger partial charge in [0.05, 0.1) is 5.52 Å². The van der Waals surface area contributed by atoms with Gasteiger partial charge in [0.15, 0.2) is 5.65 Å². The van der Waals surface area contributed by atoms with Crippen molar-refractivity contribution in [2.45, 2.75) is 58.7 Å². The molecule has 0 unspecified atom stereocenters. The Bertz CT molecular complexity index is 1150. The van der Waals surface area contributed by atoms with E-state index in [9.17, 15) is 4.79 Å². The van der Waals surface area contributed by atoms with Gasteiger partial charge >= 0.3 is 6.09 Å². The van der Waals surface area contributed by atoms with Crippen LogP contribution in [-0.2, 0) is 16.1 Å². The van der Waals surface area contributed by atoms with E-state index in [1.54, 1.807) is 7.11 Å². The van der Waals surface area contributed by atoms with Crippen LogP contribution in [0.4, 0.5) is 16.3 Å². The average molecular weight is 534 g/mol. The summed E-state index contributed by atoms with van der Waals surface area (Å²) in [5, 5.41) is 3.47. The van der Waals surface area contributed by atoms with E-state index in [2.05, 4.69) is 56.9 Å². The van der Waals surface area contributed by atoms with Gasteiger partial charge in [-0.2, -0.15) is 0 Å². The highest BCUT2D eigenvalue weighted by atomic mass is 127. The van der Waals surface area contributed by atoms with Crippen LogP contribution in [0.25, 0.3) is 11.2 Å². The van der Waals surface area contributed by atoms with Gasteiger partial charge in [-0.15, -0.1) is 0 Å². The maximum Gasteiger partial charge on any atom is 0.420 e. The number of carbonyl (C=O) groups excluding carboxylic acids is 1. The molecule has 4 rings (SSSR count). The zero-order valence-electron chi connectivity index (χ0n) is 18.5. The van der Waals surface area contributed by atoms with Crippen molar-refractivity contribution in [2.75, 3.05) is 12.4 Å². The Balaban J connectivity index is 1.71. The molecule has 1 aromatic carbocycles. The second kappa shape index (κ2) is 8.38. The highest BCUT2D eigenvalue weighted by molar-refractivity contribution is 14.1. The molecule has 0 atom stereocenters. The fourth-order valence-corrected chi connectivity index (χ4v) is 3.98. The number of benzene rings is 1. The molecule has 8 heteroatoms. The van der Waals surface area contributed by atoms with Crippen LogP contribution in [0, 0.1) is 10.5 Å². The van der Waals surface area contributed by atoms with E-state index in [0.717, 1.165) is 5.69 Å². The van der Waals surface area contributed by atoms with Gasteiger partial charge in [0.2, 0.25) is 0 Å². The molecule has 2 aromatic heterocycles. The monoisotopic (exact) mass is 534 g/mol. The first-order valence-electron chi connectivity index (χ1n) is 10.3. The quantitative estimate of drug-likeness (QED) is 0.411. The summed E-state index contributed by atoms with van der Waals surface area (Å²) in [6.45, 7) is 7.79. The Hall–Kier alpha value is -2.20. The summed E-state index contributed by atoms with van der Waals surface area (Å²) in [6, 6.07) is 8.15. The van der Waals surface area contributed by atoms with Gasteiger partial charge in [0.25, 0.3) is 0 Å². The number of hydrogen-bond acceptors (Lipinski definition) is 6. The molecule has 164 valence electrons. The van der Waals surface area contributed by atoms with Crippen LogP contribution in [-0.4, -0.2) is 33.3 Å². The van der Waals surface area contributed by atoms with Crippen molar-refractivity contribution in [2.24, 2.45) is 0 Å². The van der Waals surface area contributed by atoms with Crippen LogP contribution < -0.4 is 5.32 Å². The number of rotatable bonds is 5. The zero-order chi connectivity index (χ0) is 22.3. The third kappa shape index (κ3) is 4.85. The number of hydrogen-bond donors (Lipinski definition) is 1. The highest BCUT2D eigenvalue weighted by Crippen LogP contribution is 2.45. The summed E-state index contributed by atoms with van der Waals surface area (Å²) in [5.41, 5.74) is 4.08. The number of imidazole rings is 1. The molecule has 0 radical (unpaired) electrons. The maximum absolute atomic E-state index is 12.8. The van der Waals surface area contributed by atoms with Crippen molar-refractivity contribution in [1.82, 2.24) is 14.5 Å². The van der Waals surface area contributed by atoms with Crippen molar-refractivity contribution in [1.29, 1.82) is 0 Å². The number of aryl methyl sites for hydroxylation is 1. The molecule has 31 heavy (non-hydrogen) atoms. The van der Waals surface area contributed by atoms with Crippen LogP contribution in [0.5, 0.6) is 0 Å². The predicted molar refractivity (Wildman–Crippen MR) is 129 cm³/mol. The van der Waals surface area contributed by atoms with E-state index >= 15 is 0 Å². The fourth-order valence-electron chi connectivity index (χ4n) is 3.49. The molecule has 1 fully saturated rings. The van der Waals surface area contributed by atoms with Crippen LogP contribution in [0.15, 0.2) is 24.3 Å².